The van der Waals surface area contributed by atoms with Crippen LogP contribution in [0, 0.1) is 0 Å². The van der Waals surface area contributed by atoms with E-state index in [1.54, 1.807) is 0 Å². The molecule has 3 aromatic carbocycles. The number of nitrogens with one attached hydrogen (secondary N) is 1. The smallest absolute Gasteiger partial charge is 0.310 e. The monoisotopic (exact) mass is 443 g/mol. The van der Waals surface area contributed by atoms with E-state index >= 15 is 0 Å². The van der Waals surface area contributed by atoms with Crippen molar-refractivity contribution in [1.82, 2.24) is 4.98 Å². The van der Waals surface area contributed by atoms with Gasteiger partial charge in [0.15, 0.2) is 0 Å². The highest BCUT2D eigenvalue weighted by Crippen LogP contribution is 2.29. The fourth-order valence-corrected chi connectivity index (χ4v) is 4.00. The molecule has 0 amide bonds. The fourth-order valence-electron chi connectivity index (χ4n) is 4.00. The second-order valence-corrected chi connectivity index (χ2v) is 7.91. The van der Waals surface area contributed by atoms with Crippen molar-refractivity contribution < 1.29 is 19.0 Å². The summed E-state index contributed by atoms with van der Waals surface area (Å²) in [5, 5.41) is 1.05. The third kappa shape index (κ3) is 5.55. The van der Waals surface area contributed by atoms with E-state index in [1.807, 2.05) is 66.7 Å². The van der Waals surface area contributed by atoms with Crippen LogP contribution in [0.25, 0.3) is 10.9 Å². The molecule has 33 heavy (non-hydrogen) atoms. The Morgan fingerprint density at radius 2 is 1.70 bits per heavy atom. The Morgan fingerprint density at radius 1 is 0.909 bits per heavy atom. The number of carbonyl (C=O) groups excluding carboxylic acids is 1. The zero-order valence-corrected chi connectivity index (χ0v) is 19.1. The summed E-state index contributed by atoms with van der Waals surface area (Å²) in [6, 6.07) is 23.7. The van der Waals surface area contributed by atoms with Crippen LogP contribution < -0.4 is 9.47 Å². The number of benzene rings is 3. The van der Waals surface area contributed by atoms with Gasteiger partial charge in [0.2, 0.25) is 0 Å². The second-order valence-electron chi connectivity index (χ2n) is 7.91. The molecule has 0 fully saturated rings. The highest BCUT2D eigenvalue weighted by Gasteiger charge is 2.15. The Labute approximate surface area is 194 Å². The van der Waals surface area contributed by atoms with Gasteiger partial charge < -0.3 is 19.2 Å². The minimum Gasteiger partial charge on any atom is -0.493 e. The normalized spacial score (nSPS) is 10.8. The summed E-state index contributed by atoms with van der Waals surface area (Å²) in [5.41, 5.74) is 4.11. The first-order valence-electron chi connectivity index (χ1n) is 11.3. The number of aromatic nitrogens is 1. The molecule has 0 atom stereocenters. The van der Waals surface area contributed by atoms with Crippen LogP contribution in [0.3, 0.4) is 0 Å². The minimum absolute atomic E-state index is 0.239. The molecule has 0 radical (unpaired) electrons. The van der Waals surface area contributed by atoms with Gasteiger partial charge in [-0.05, 0) is 53.9 Å². The standard InChI is InChI=1S/C28H29NO4/c1-3-9-20-18-22(33-21-10-5-4-6-11-21)14-15-27(20)32-17-16-26-24(19-28(30)31-2)23-12-7-8-13-25(23)29-26/h4-8,10-15,18,29H,3,9,16-17,19H2,1-2H3. The summed E-state index contributed by atoms with van der Waals surface area (Å²) in [7, 11) is 1.42. The van der Waals surface area contributed by atoms with Crippen molar-refractivity contribution >= 4 is 16.9 Å². The largest absolute Gasteiger partial charge is 0.493 e. The number of esters is 1. The molecule has 4 rings (SSSR count). The molecule has 0 aliphatic carbocycles. The van der Waals surface area contributed by atoms with Gasteiger partial charge >= 0.3 is 5.97 Å². The Balaban J connectivity index is 1.48. The lowest BCUT2D eigenvalue weighted by Crippen LogP contribution is -2.09. The number of aryl methyl sites for hydroxylation is 1. The predicted molar refractivity (Wildman–Crippen MR) is 130 cm³/mol. The van der Waals surface area contributed by atoms with Crippen LogP contribution in [0.2, 0.25) is 0 Å². The molecule has 5 nitrogen and oxygen atoms in total. The number of hydrogen-bond donors (Lipinski definition) is 1. The van der Waals surface area contributed by atoms with E-state index in [2.05, 4.69) is 18.0 Å². The summed E-state index contributed by atoms with van der Waals surface area (Å²) < 4.78 is 17.1. The Hall–Kier alpha value is -3.73. The van der Waals surface area contributed by atoms with Crippen LogP contribution in [0.15, 0.2) is 72.8 Å². The molecule has 0 spiro atoms. The van der Waals surface area contributed by atoms with Crippen molar-refractivity contribution in [3.8, 4) is 17.2 Å². The molecule has 0 unspecified atom stereocenters. The van der Waals surface area contributed by atoms with Gasteiger partial charge in [-0.3, -0.25) is 4.79 Å². The number of ether oxygens (including phenoxy) is 3. The average molecular weight is 444 g/mol. The minimum atomic E-state index is -0.249. The number of H-pyrrole nitrogens is 1. The summed E-state index contributed by atoms with van der Waals surface area (Å²) in [6.45, 7) is 2.65. The highest BCUT2D eigenvalue weighted by atomic mass is 16.5. The van der Waals surface area contributed by atoms with Crippen molar-refractivity contribution in [3.05, 3.63) is 89.6 Å². The van der Waals surface area contributed by atoms with E-state index in [1.165, 1.54) is 7.11 Å². The van der Waals surface area contributed by atoms with Crippen molar-refractivity contribution in [2.75, 3.05) is 13.7 Å². The average Bonchev–Trinajstić information content (AvgIpc) is 3.18. The third-order valence-electron chi connectivity index (χ3n) is 5.59. The zero-order valence-electron chi connectivity index (χ0n) is 19.1. The van der Waals surface area contributed by atoms with Crippen molar-refractivity contribution in [3.63, 3.8) is 0 Å². The number of fused-ring (bicyclic) bond motifs is 1. The van der Waals surface area contributed by atoms with Crippen LogP contribution >= 0.6 is 0 Å². The Bertz CT molecular complexity index is 1210. The maximum atomic E-state index is 12.0. The molecule has 5 heteroatoms. The van der Waals surface area contributed by atoms with Crippen LogP contribution in [-0.4, -0.2) is 24.7 Å². The quantitative estimate of drug-likeness (QED) is 0.294. The Kier molecular flexibility index (Phi) is 7.30. The Morgan fingerprint density at radius 3 is 2.48 bits per heavy atom. The van der Waals surface area contributed by atoms with Crippen LogP contribution in [-0.2, 0) is 28.8 Å². The lowest BCUT2D eigenvalue weighted by Gasteiger charge is -2.14. The van der Waals surface area contributed by atoms with Crippen LogP contribution in [0.5, 0.6) is 17.2 Å². The van der Waals surface area contributed by atoms with Gasteiger partial charge in [0.05, 0.1) is 20.1 Å². The second kappa shape index (κ2) is 10.7. The first-order chi connectivity index (χ1) is 16.2. The summed E-state index contributed by atoms with van der Waals surface area (Å²) in [4.78, 5) is 15.4. The number of rotatable bonds is 10. The van der Waals surface area contributed by atoms with Crippen LogP contribution in [0.4, 0.5) is 0 Å². The van der Waals surface area contributed by atoms with Gasteiger partial charge in [-0.15, -0.1) is 0 Å². The molecular weight excluding hydrogens is 414 g/mol. The van der Waals surface area contributed by atoms with Gasteiger partial charge in [-0.25, -0.2) is 0 Å². The summed E-state index contributed by atoms with van der Waals surface area (Å²) in [6.07, 6.45) is 2.81. The van der Waals surface area contributed by atoms with Gasteiger partial charge in [-0.2, -0.15) is 0 Å². The number of hydrogen-bond acceptors (Lipinski definition) is 4. The zero-order chi connectivity index (χ0) is 23.0. The van der Waals surface area contributed by atoms with Crippen LogP contribution in [0.1, 0.15) is 30.2 Å². The molecule has 0 aliphatic rings. The first-order valence-corrected chi connectivity index (χ1v) is 11.3. The van der Waals surface area contributed by atoms with Crippen molar-refractivity contribution in [2.45, 2.75) is 32.6 Å². The summed E-state index contributed by atoms with van der Waals surface area (Å²) in [5.74, 6) is 2.22. The first kappa shape index (κ1) is 22.5. The third-order valence-corrected chi connectivity index (χ3v) is 5.59. The molecule has 0 bridgehead atoms. The molecule has 4 aromatic rings. The molecular formula is C28H29NO4. The number of aromatic amines is 1. The van der Waals surface area contributed by atoms with E-state index < -0.39 is 0 Å². The molecule has 0 saturated heterocycles. The maximum Gasteiger partial charge on any atom is 0.310 e. The lowest BCUT2D eigenvalue weighted by molar-refractivity contribution is -0.139. The van der Waals surface area contributed by atoms with E-state index in [4.69, 9.17) is 14.2 Å². The topological polar surface area (TPSA) is 60.5 Å². The van der Waals surface area contributed by atoms with Gasteiger partial charge in [0, 0.05) is 23.0 Å². The number of methoxy groups -OCH3 is 1. The SMILES string of the molecule is CCCc1cc(Oc2ccccc2)ccc1OCCc1[nH]c2ccccc2c1CC(=O)OC. The van der Waals surface area contributed by atoms with Gasteiger partial charge in [0.1, 0.15) is 17.2 Å². The fraction of sp³-hybridized carbons (Fsp3) is 0.250. The molecule has 170 valence electrons. The van der Waals surface area contributed by atoms with Gasteiger partial charge in [0.25, 0.3) is 0 Å². The number of para-hydroxylation sites is 2. The predicted octanol–water partition coefficient (Wildman–Crippen LogP) is 6.25. The molecule has 1 N–H and O–H groups in total. The van der Waals surface area contributed by atoms with Crippen molar-refractivity contribution in [1.29, 1.82) is 0 Å². The van der Waals surface area contributed by atoms with E-state index in [9.17, 15) is 4.79 Å². The van der Waals surface area contributed by atoms with Crippen molar-refractivity contribution in [2.24, 2.45) is 0 Å². The highest BCUT2D eigenvalue weighted by molar-refractivity contribution is 5.88. The molecule has 1 aromatic heterocycles. The van der Waals surface area contributed by atoms with Gasteiger partial charge in [-0.1, -0.05) is 49.7 Å². The maximum absolute atomic E-state index is 12.0. The van der Waals surface area contributed by atoms with E-state index in [0.29, 0.717) is 13.0 Å². The number of carbonyl (C=O) groups is 1. The van der Waals surface area contributed by atoms with E-state index in [0.717, 1.165) is 57.8 Å². The molecule has 0 saturated carbocycles. The molecule has 1 heterocycles. The van der Waals surface area contributed by atoms with E-state index in [-0.39, 0.29) is 12.4 Å². The summed E-state index contributed by atoms with van der Waals surface area (Å²) >= 11 is 0. The lowest BCUT2D eigenvalue weighted by atomic mass is 10.1. The molecule has 0 aliphatic heterocycles.